The van der Waals surface area contributed by atoms with Gasteiger partial charge >= 0.3 is 6.18 Å². The highest BCUT2D eigenvalue weighted by Crippen LogP contribution is 2.34. The zero-order chi connectivity index (χ0) is 36.3. The van der Waals surface area contributed by atoms with Crippen molar-refractivity contribution in [1.29, 1.82) is 5.26 Å². The van der Waals surface area contributed by atoms with E-state index in [1.54, 1.807) is 12.1 Å². The number of nitriles is 1. The zero-order valence-electron chi connectivity index (χ0n) is 25.0. The van der Waals surface area contributed by atoms with Crippen LogP contribution >= 0.6 is 0 Å². The van der Waals surface area contributed by atoms with Crippen LogP contribution in [0.25, 0.3) is 22.1 Å². The molecule has 0 saturated carbocycles. The smallest absolute Gasteiger partial charge is 0.417 e. The van der Waals surface area contributed by atoms with E-state index in [1.165, 1.54) is 30.5 Å². The first-order valence-corrected chi connectivity index (χ1v) is 15.4. The number of benzene rings is 4. The van der Waals surface area contributed by atoms with Gasteiger partial charge in [-0.3, -0.25) is 9.59 Å². The number of hydrogen-bond donors (Lipinski definition) is 5. The summed E-state index contributed by atoms with van der Waals surface area (Å²) in [6, 6.07) is 15.8. The number of anilines is 1. The first kappa shape index (κ1) is 35.9. The highest BCUT2D eigenvalue weighted by molar-refractivity contribution is 7.91. The lowest BCUT2D eigenvalue weighted by Crippen LogP contribution is -2.45. The molecule has 254 valence electrons. The summed E-state index contributed by atoms with van der Waals surface area (Å²) in [6.45, 7) is 0.873. The summed E-state index contributed by atoms with van der Waals surface area (Å²) in [5.74, 6) is -3.49. The molecule has 4 aromatic carbocycles. The molecular formula is C33H24F4N2O9S. The van der Waals surface area contributed by atoms with Gasteiger partial charge in [0, 0.05) is 17.8 Å². The van der Waals surface area contributed by atoms with Gasteiger partial charge in [0.05, 0.1) is 33.4 Å². The number of carbonyl (C=O) groups is 1. The average Bonchev–Trinajstić information content (AvgIpc) is 3.01. The maximum absolute atomic E-state index is 13.0. The number of alkyl halides is 3. The number of aromatic hydroxyl groups is 3. The van der Waals surface area contributed by atoms with E-state index in [-0.39, 0.29) is 44.4 Å². The number of carbonyl (C=O) groups excluding carboxylic acids is 1. The van der Waals surface area contributed by atoms with Gasteiger partial charge in [-0.05, 0) is 67.1 Å². The number of phenols is 3. The van der Waals surface area contributed by atoms with Gasteiger partial charge in [-0.15, -0.1) is 0 Å². The number of halogens is 4. The highest BCUT2D eigenvalue weighted by Gasteiger charge is 2.38. The van der Waals surface area contributed by atoms with Crippen LogP contribution < -0.4 is 10.7 Å². The van der Waals surface area contributed by atoms with Gasteiger partial charge < -0.3 is 30.2 Å². The number of hydrogen-bond acceptors (Lipinski definition) is 10. The van der Waals surface area contributed by atoms with Crippen molar-refractivity contribution in [2.75, 3.05) is 11.1 Å². The van der Waals surface area contributed by atoms with Crippen molar-refractivity contribution in [3.8, 4) is 34.4 Å². The van der Waals surface area contributed by atoms with Crippen LogP contribution in [0.2, 0.25) is 0 Å². The molecular weight excluding hydrogens is 676 g/mol. The minimum Gasteiger partial charge on any atom is -0.508 e. The molecule has 1 heterocycles. The topological polar surface area (TPSA) is 198 Å². The Kier molecular flexibility index (Phi) is 10.0. The molecule has 0 aliphatic heterocycles. The number of sulfone groups is 1. The number of phenolic OH excluding ortho intramolecular Hbond substituents is 3. The third-order valence-corrected chi connectivity index (χ3v) is 8.79. The molecule has 16 heteroatoms. The van der Waals surface area contributed by atoms with Gasteiger partial charge in [-0.1, -0.05) is 12.1 Å². The number of nitrogens with zero attached hydrogens (tertiary/aromatic N) is 1. The van der Waals surface area contributed by atoms with E-state index in [0.29, 0.717) is 11.6 Å². The normalized spacial score (nSPS) is 12.7. The summed E-state index contributed by atoms with van der Waals surface area (Å²) in [6.07, 6.45) is -3.60. The van der Waals surface area contributed by atoms with Crippen LogP contribution in [-0.4, -0.2) is 46.1 Å². The Labute approximate surface area is 274 Å². The van der Waals surface area contributed by atoms with Crippen molar-refractivity contribution in [3.05, 3.63) is 112 Å². The molecule has 49 heavy (non-hydrogen) atoms. The molecule has 1 unspecified atom stereocenters. The van der Waals surface area contributed by atoms with Crippen LogP contribution in [-0.2, 0) is 20.8 Å². The van der Waals surface area contributed by atoms with Gasteiger partial charge in [0.1, 0.15) is 40.3 Å². The molecule has 0 aliphatic carbocycles. The summed E-state index contributed by atoms with van der Waals surface area (Å²) in [5, 5.41) is 49.5. The minimum absolute atomic E-state index is 0.00775. The zero-order valence-corrected chi connectivity index (χ0v) is 25.8. The third kappa shape index (κ3) is 8.33. The molecule has 0 aliphatic rings. The lowest BCUT2D eigenvalue weighted by atomic mass is 10.0. The highest BCUT2D eigenvalue weighted by atomic mass is 32.2. The summed E-state index contributed by atoms with van der Waals surface area (Å²) in [5.41, 5.74) is -4.34. The summed E-state index contributed by atoms with van der Waals surface area (Å²) in [7, 11) is -4.21. The minimum atomic E-state index is -4.86. The van der Waals surface area contributed by atoms with Gasteiger partial charge in [-0.25, -0.2) is 12.8 Å². The standard InChI is InChI=1S/C18H14F4N2O4S.C15H10O5/c1-17(26,10-29(27,28)14-6-3-12(19)4-7-14)16(25)24-13-5-2-11(9-23)15(8-13)18(20,21)22;16-9-3-1-8(2-4-9)11-7-20-13-6-10(17)5-12(18)14(13)15(11)19/h2-8,26H,10H2,1H3,(H,24,25);1-7,16-18H. The summed E-state index contributed by atoms with van der Waals surface area (Å²) in [4.78, 5) is 24.3. The first-order chi connectivity index (χ1) is 22.8. The molecule has 0 bridgehead atoms. The molecule has 0 saturated heterocycles. The van der Waals surface area contributed by atoms with Crippen molar-refractivity contribution in [2.45, 2.75) is 23.6 Å². The summed E-state index contributed by atoms with van der Waals surface area (Å²) < 4.78 is 81.9. The molecule has 11 nitrogen and oxygen atoms in total. The second-order valence-electron chi connectivity index (χ2n) is 10.7. The fourth-order valence-corrected chi connectivity index (χ4v) is 6.03. The maximum Gasteiger partial charge on any atom is 0.417 e. The van der Waals surface area contributed by atoms with Crippen molar-refractivity contribution >= 4 is 32.4 Å². The molecule has 0 radical (unpaired) electrons. The molecule has 5 aromatic rings. The van der Waals surface area contributed by atoms with E-state index in [9.17, 15) is 56.0 Å². The summed E-state index contributed by atoms with van der Waals surface area (Å²) >= 11 is 0. The molecule has 0 spiro atoms. The largest absolute Gasteiger partial charge is 0.508 e. The predicted molar refractivity (Wildman–Crippen MR) is 167 cm³/mol. The van der Waals surface area contributed by atoms with Crippen molar-refractivity contribution in [2.24, 2.45) is 0 Å². The fraction of sp³-hybridized carbons (Fsp3) is 0.121. The fourth-order valence-electron chi connectivity index (χ4n) is 4.44. The quantitative estimate of drug-likeness (QED) is 0.112. The maximum atomic E-state index is 13.0. The average molecular weight is 701 g/mol. The molecule has 1 amide bonds. The van der Waals surface area contributed by atoms with Crippen molar-refractivity contribution in [3.63, 3.8) is 0 Å². The lowest BCUT2D eigenvalue weighted by Gasteiger charge is -2.22. The Morgan fingerprint density at radius 3 is 2.16 bits per heavy atom. The molecule has 0 fully saturated rings. The van der Waals surface area contributed by atoms with E-state index >= 15 is 0 Å². The van der Waals surface area contributed by atoms with Crippen LogP contribution in [0.4, 0.5) is 23.2 Å². The molecule has 1 atom stereocenters. The number of fused-ring (bicyclic) bond motifs is 1. The van der Waals surface area contributed by atoms with Crippen molar-refractivity contribution in [1.82, 2.24) is 0 Å². The second kappa shape index (κ2) is 13.7. The SMILES string of the molecule is CC(O)(CS(=O)(=O)c1ccc(F)cc1)C(=O)Nc1ccc(C#N)c(C(F)(F)F)c1.O=c1c(-c2ccc(O)cc2)coc2cc(O)cc(O)c12. The van der Waals surface area contributed by atoms with E-state index < -0.39 is 55.6 Å². The Bertz CT molecular complexity index is 2250. The molecule has 1 aromatic heterocycles. The Hall–Kier alpha value is -5.92. The van der Waals surface area contributed by atoms with E-state index in [1.807, 2.05) is 5.32 Å². The van der Waals surface area contributed by atoms with E-state index in [0.717, 1.165) is 49.4 Å². The van der Waals surface area contributed by atoms with E-state index in [4.69, 9.17) is 9.68 Å². The Morgan fingerprint density at radius 1 is 0.939 bits per heavy atom. The molecule has 5 rings (SSSR count). The van der Waals surface area contributed by atoms with Gasteiger partial charge in [-0.2, -0.15) is 18.4 Å². The van der Waals surface area contributed by atoms with Gasteiger partial charge in [0.25, 0.3) is 5.91 Å². The number of amides is 1. The monoisotopic (exact) mass is 700 g/mol. The van der Waals surface area contributed by atoms with Crippen molar-refractivity contribution < 1.29 is 55.6 Å². The van der Waals surface area contributed by atoms with Gasteiger partial charge in [0.2, 0.25) is 5.43 Å². The van der Waals surface area contributed by atoms with Crippen LogP contribution in [0.15, 0.2) is 99.2 Å². The van der Waals surface area contributed by atoms with Crippen LogP contribution in [0.3, 0.4) is 0 Å². The number of aliphatic hydroxyl groups is 1. The Morgan fingerprint density at radius 2 is 1.57 bits per heavy atom. The van der Waals surface area contributed by atoms with Gasteiger partial charge in [0.15, 0.2) is 15.4 Å². The lowest BCUT2D eigenvalue weighted by molar-refractivity contribution is -0.137. The predicted octanol–water partition coefficient (Wildman–Crippen LogP) is 5.46. The van der Waals surface area contributed by atoms with Crippen LogP contribution in [0.1, 0.15) is 18.1 Å². The molecule has 5 N–H and O–H groups in total. The Balaban J connectivity index is 0.000000235. The number of rotatable bonds is 6. The number of nitrogens with one attached hydrogen (secondary N) is 1. The van der Waals surface area contributed by atoms with Crippen LogP contribution in [0.5, 0.6) is 17.2 Å². The first-order valence-electron chi connectivity index (χ1n) is 13.7. The van der Waals surface area contributed by atoms with E-state index in [2.05, 4.69) is 0 Å². The van der Waals surface area contributed by atoms with Crippen LogP contribution in [0, 0.1) is 17.1 Å². The second-order valence-corrected chi connectivity index (χ2v) is 12.7. The third-order valence-electron chi connectivity index (χ3n) is 6.86.